The summed E-state index contributed by atoms with van der Waals surface area (Å²) < 4.78 is 0. The van der Waals surface area contributed by atoms with Crippen LogP contribution in [0.5, 0.6) is 0 Å². The Bertz CT molecular complexity index is 489. The zero-order valence-corrected chi connectivity index (χ0v) is 11.8. The van der Waals surface area contributed by atoms with E-state index in [0.29, 0.717) is 13.1 Å². The van der Waals surface area contributed by atoms with Gasteiger partial charge in [0.05, 0.1) is 12.6 Å². The Labute approximate surface area is 120 Å². The van der Waals surface area contributed by atoms with Gasteiger partial charge >= 0.3 is 0 Å². The van der Waals surface area contributed by atoms with Crippen LogP contribution in [0.1, 0.15) is 24.8 Å². The third kappa shape index (κ3) is 2.86. The molecular formula is C16H22N2O2. The van der Waals surface area contributed by atoms with Crippen LogP contribution in [0.15, 0.2) is 24.3 Å². The molecule has 2 aliphatic heterocycles. The van der Waals surface area contributed by atoms with Crippen LogP contribution in [0, 0.1) is 0 Å². The van der Waals surface area contributed by atoms with E-state index in [9.17, 15) is 9.90 Å². The number of carbonyl (C=O) groups excluding carboxylic acids is 1. The maximum Gasteiger partial charge on any atom is 0.241 e. The van der Waals surface area contributed by atoms with Crippen LogP contribution in [0.25, 0.3) is 0 Å². The number of rotatable bonds is 2. The molecule has 1 saturated heterocycles. The third-order valence-electron chi connectivity index (χ3n) is 4.25. The first-order valence-electron chi connectivity index (χ1n) is 7.53. The van der Waals surface area contributed by atoms with Gasteiger partial charge in [-0.3, -0.25) is 9.69 Å². The highest BCUT2D eigenvalue weighted by Gasteiger charge is 2.25. The Morgan fingerprint density at radius 2 is 2.10 bits per heavy atom. The molecule has 0 aliphatic carbocycles. The molecule has 1 amide bonds. The van der Waals surface area contributed by atoms with Crippen molar-refractivity contribution in [3.63, 3.8) is 0 Å². The fourth-order valence-corrected chi connectivity index (χ4v) is 3.24. The zero-order valence-electron chi connectivity index (χ0n) is 11.8. The van der Waals surface area contributed by atoms with E-state index in [0.717, 1.165) is 44.5 Å². The third-order valence-corrected chi connectivity index (χ3v) is 4.25. The van der Waals surface area contributed by atoms with Crippen LogP contribution >= 0.6 is 0 Å². The van der Waals surface area contributed by atoms with Gasteiger partial charge in [0.2, 0.25) is 5.91 Å². The molecule has 1 aromatic carbocycles. The molecule has 1 fully saturated rings. The van der Waals surface area contributed by atoms with E-state index in [2.05, 4.69) is 11.0 Å². The van der Waals surface area contributed by atoms with Crippen molar-refractivity contribution in [2.45, 2.75) is 31.8 Å². The lowest BCUT2D eigenvalue weighted by atomic mass is 10.0. The minimum atomic E-state index is -0.273. The summed E-state index contributed by atoms with van der Waals surface area (Å²) in [6.45, 7) is 2.77. The van der Waals surface area contributed by atoms with Crippen LogP contribution in [-0.4, -0.2) is 48.2 Å². The van der Waals surface area contributed by atoms with Gasteiger partial charge in [-0.05, 0) is 43.9 Å². The van der Waals surface area contributed by atoms with Gasteiger partial charge in [-0.2, -0.15) is 0 Å². The number of benzene rings is 1. The molecule has 2 aliphatic rings. The normalized spacial score (nSPS) is 23.4. The molecule has 1 unspecified atom stereocenters. The number of β-amino-alcohol motifs (C(OH)–C–C–N with tert-alkyl or cyclic N) is 1. The SMILES string of the molecule is O=C(CN1CCCC(O)C1)N1CCCc2ccccc21. The maximum atomic E-state index is 12.5. The molecule has 0 bridgehead atoms. The Kier molecular flexibility index (Phi) is 4.03. The van der Waals surface area contributed by atoms with E-state index in [1.54, 1.807) is 0 Å². The van der Waals surface area contributed by atoms with E-state index in [1.165, 1.54) is 5.56 Å². The summed E-state index contributed by atoms with van der Waals surface area (Å²) in [5, 5.41) is 9.69. The van der Waals surface area contributed by atoms with Crippen molar-refractivity contribution in [2.24, 2.45) is 0 Å². The molecule has 0 spiro atoms. The Balaban J connectivity index is 1.69. The van der Waals surface area contributed by atoms with Crippen molar-refractivity contribution in [3.8, 4) is 0 Å². The molecule has 108 valence electrons. The van der Waals surface area contributed by atoms with E-state index < -0.39 is 0 Å². The predicted molar refractivity (Wildman–Crippen MR) is 78.8 cm³/mol. The summed E-state index contributed by atoms with van der Waals surface area (Å²) in [7, 11) is 0. The van der Waals surface area contributed by atoms with Gasteiger partial charge < -0.3 is 10.0 Å². The molecule has 2 heterocycles. The highest BCUT2D eigenvalue weighted by atomic mass is 16.3. The maximum absolute atomic E-state index is 12.5. The number of likely N-dealkylation sites (tertiary alicyclic amines) is 1. The second-order valence-corrected chi connectivity index (χ2v) is 5.81. The summed E-state index contributed by atoms with van der Waals surface area (Å²) in [6, 6.07) is 8.18. The number of amides is 1. The highest BCUT2D eigenvalue weighted by Crippen LogP contribution is 2.26. The average molecular weight is 274 g/mol. The molecular weight excluding hydrogens is 252 g/mol. The van der Waals surface area contributed by atoms with Crippen molar-refractivity contribution in [1.29, 1.82) is 0 Å². The van der Waals surface area contributed by atoms with E-state index in [-0.39, 0.29) is 12.0 Å². The number of aryl methyl sites for hydroxylation is 1. The topological polar surface area (TPSA) is 43.8 Å². The minimum absolute atomic E-state index is 0.159. The first-order valence-corrected chi connectivity index (χ1v) is 7.53. The van der Waals surface area contributed by atoms with Gasteiger partial charge in [-0.1, -0.05) is 18.2 Å². The van der Waals surface area contributed by atoms with Crippen LogP contribution in [0.4, 0.5) is 5.69 Å². The molecule has 0 radical (unpaired) electrons. The van der Waals surface area contributed by atoms with Crippen LogP contribution in [0.2, 0.25) is 0 Å². The van der Waals surface area contributed by atoms with Crippen molar-refractivity contribution in [2.75, 3.05) is 31.1 Å². The standard InChI is InChI=1S/C16H22N2O2/c19-14-7-4-9-17(11-14)12-16(20)18-10-3-6-13-5-1-2-8-15(13)18/h1-2,5,8,14,19H,3-4,6-7,9-12H2. The van der Waals surface area contributed by atoms with Gasteiger partial charge in [0.1, 0.15) is 0 Å². The molecule has 20 heavy (non-hydrogen) atoms. The summed E-state index contributed by atoms with van der Waals surface area (Å²) >= 11 is 0. The summed E-state index contributed by atoms with van der Waals surface area (Å²) in [4.78, 5) is 16.5. The van der Waals surface area contributed by atoms with Crippen LogP contribution in [-0.2, 0) is 11.2 Å². The molecule has 0 saturated carbocycles. The average Bonchev–Trinajstić information content (AvgIpc) is 2.46. The van der Waals surface area contributed by atoms with Crippen molar-refractivity contribution >= 4 is 11.6 Å². The number of para-hydroxylation sites is 1. The van der Waals surface area contributed by atoms with E-state index in [4.69, 9.17) is 0 Å². The molecule has 1 aromatic rings. The molecule has 1 N–H and O–H groups in total. The smallest absolute Gasteiger partial charge is 0.241 e. The summed E-state index contributed by atoms with van der Waals surface area (Å²) in [5.74, 6) is 0.159. The molecule has 1 atom stereocenters. The number of aliphatic hydroxyl groups is 1. The lowest BCUT2D eigenvalue weighted by Gasteiger charge is -2.34. The first-order chi connectivity index (χ1) is 9.74. The number of nitrogens with zero attached hydrogens (tertiary/aromatic N) is 2. The second-order valence-electron chi connectivity index (χ2n) is 5.81. The van der Waals surface area contributed by atoms with E-state index >= 15 is 0 Å². The van der Waals surface area contributed by atoms with E-state index in [1.807, 2.05) is 23.1 Å². The Morgan fingerprint density at radius 3 is 2.95 bits per heavy atom. The largest absolute Gasteiger partial charge is 0.392 e. The Morgan fingerprint density at radius 1 is 1.25 bits per heavy atom. The molecule has 4 nitrogen and oxygen atoms in total. The van der Waals surface area contributed by atoms with Gasteiger partial charge in [0.15, 0.2) is 0 Å². The van der Waals surface area contributed by atoms with Gasteiger partial charge in [-0.25, -0.2) is 0 Å². The predicted octanol–water partition coefficient (Wildman–Crippen LogP) is 1.42. The fraction of sp³-hybridized carbons (Fsp3) is 0.562. The van der Waals surface area contributed by atoms with Crippen molar-refractivity contribution in [1.82, 2.24) is 4.90 Å². The van der Waals surface area contributed by atoms with Crippen molar-refractivity contribution < 1.29 is 9.90 Å². The fourth-order valence-electron chi connectivity index (χ4n) is 3.24. The quantitative estimate of drug-likeness (QED) is 0.887. The number of anilines is 1. The highest BCUT2D eigenvalue weighted by molar-refractivity contribution is 5.95. The first kappa shape index (κ1) is 13.6. The molecule has 4 heteroatoms. The number of hydrogen-bond acceptors (Lipinski definition) is 3. The number of carbonyl (C=O) groups is 1. The molecule has 3 rings (SSSR count). The molecule has 0 aromatic heterocycles. The monoisotopic (exact) mass is 274 g/mol. The number of piperidine rings is 1. The lowest BCUT2D eigenvalue weighted by molar-refractivity contribution is -0.120. The Hall–Kier alpha value is -1.39. The van der Waals surface area contributed by atoms with Gasteiger partial charge in [-0.15, -0.1) is 0 Å². The minimum Gasteiger partial charge on any atom is -0.392 e. The zero-order chi connectivity index (χ0) is 13.9. The summed E-state index contributed by atoms with van der Waals surface area (Å²) in [6.07, 6.45) is 3.65. The number of hydrogen-bond donors (Lipinski definition) is 1. The van der Waals surface area contributed by atoms with Crippen molar-refractivity contribution in [3.05, 3.63) is 29.8 Å². The van der Waals surface area contributed by atoms with Gasteiger partial charge in [0.25, 0.3) is 0 Å². The van der Waals surface area contributed by atoms with Crippen LogP contribution in [0.3, 0.4) is 0 Å². The lowest BCUT2D eigenvalue weighted by Crippen LogP contribution is -2.46. The van der Waals surface area contributed by atoms with Gasteiger partial charge in [0, 0.05) is 18.8 Å². The second kappa shape index (κ2) is 5.94. The summed E-state index contributed by atoms with van der Waals surface area (Å²) in [5.41, 5.74) is 2.34. The number of aliphatic hydroxyl groups excluding tert-OH is 1. The van der Waals surface area contributed by atoms with Crippen LogP contribution < -0.4 is 4.90 Å². The number of fused-ring (bicyclic) bond motifs is 1.